The monoisotopic (exact) mass is 394 g/mol. The average molecular weight is 394 g/mol. The Hall–Kier alpha value is -3.97. The number of nitriles is 1. The third-order valence-electron chi connectivity index (χ3n) is 4.75. The van der Waals surface area contributed by atoms with Crippen LogP contribution in [0.15, 0.2) is 91.4 Å². The van der Waals surface area contributed by atoms with Crippen molar-refractivity contribution in [2.45, 2.75) is 19.8 Å². The number of allylic oxidation sites excluding steroid dienone is 3. The van der Waals surface area contributed by atoms with E-state index in [0.29, 0.717) is 11.5 Å². The Kier molecular flexibility index (Phi) is 6.91. The highest BCUT2D eigenvalue weighted by atomic mass is 16.1. The maximum Gasteiger partial charge on any atom is 0.214 e. The lowest BCUT2D eigenvalue weighted by Crippen LogP contribution is -2.31. The van der Waals surface area contributed by atoms with Gasteiger partial charge in [-0.2, -0.15) is 9.83 Å². The summed E-state index contributed by atoms with van der Waals surface area (Å²) in [6.07, 6.45) is 9.94. The number of hydrogen-bond donors (Lipinski definition) is 1. The van der Waals surface area contributed by atoms with Crippen molar-refractivity contribution in [3.63, 3.8) is 0 Å². The fourth-order valence-electron chi connectivity index (χ4n) is 3.22. The molecule has 3 rings (SSSR count). The molecule has 0 spiro atoms. The molecular formula is C26H24N3O+. The number of para-hydroxylation sites is 1. The van der Waals surface area contributed by atoms with E-state index >= 15 is 0 Å². The second-order valence-electron chi connectivity index (χ2n) is 7.14. The van der Waals surface area contributed by atoms with Gasteiger partial charge >= 0.3 is 0 Å². The highest BCUT2D eigenvalue weighted by molar-refractivity contribution is 5.86. The van der Waals surface area contributed by atoms with Crippen molar-refractivity contribution in [2.24, 2.45) is 0 Å². The minimum absolute atomic E-state index is 0.424. The predicted octanol–water partition coefficient (Wildman–Crippen LogP) is 5.17. The van der Waals surface area contributed by atoms with Gasteiger partial charge in [-0.15, -0.1) is 0 Å². The Balaban J connectivity index is 1.81. The molecule has 0 aliphatic heterocycles. The number of hydrogen-bond acceptors (Lipinski definition) is 3. The molecule has 0 saturated carbocycles. The van der Waals surface area contributed by atoms with Gasteiger partial charge in [0.05, 0.1) is 11.6 Å². The number of aldehydes is 1. The number of rotatable bonds is 7. The van der Waals surface area contributed by atoms with E-state index in [1.165, 1.54) is 11.6 Å². The molecule has 1 aromatic heterocycles. The Morgan fingerprint density at radius 3 is 2.53 bits per heavy atom. The van der Waals surface area contributed by atoms with Gasteiger partial charge in [0.2, 0.25) is 5.69 Å². The summed E-state index contributed by atoms with van der Waals surface area (Å²) in [6, 6.07) is 21.7. The minimum Gasteiger partial charge on any atom is -0.362 e. The summed E-state index contributed by atoms with van der Waals surface area (Å²) in [7, 11) is 0. The van der Waals surface area contributed by atoms with Crippen molar-refractivity contribution in [1.82, 2.24) is 0 Å². The molecule has 0 radical (unpaired) electrons. The van der Waals surface area contributed by atoms with E-state index in [2.05, 4.69) is 48.0 Å². The van der Waals surface area contributed by atoms with Crippen LogP contribution in [-0.4, -0.2) is 6.29 Å². The van der Waals surface area contributed by atoms with E-state index < -0.39 is 0 Å². The lowest BCUT2D eigenvalue weighted by molar-refractivity contribution is -0.596. The van der Waals surface area contributed by atoms with Gasteiger partial charge in [-0.1, -0.05) is 38.1 Å². The van der Waals surface area contributed by atoms with Gasteiger partial charge in [0.15, 0.2) is 12.4 Å². The molecule has 3 aromatic rings. The fraction of sp³-hybridized carbons (Fsp3) is 0.115. The molecule has 0 aliphatic carbocycles. The molecule has 1 N–H and O–H groups in total. The van der Waals surface area contributed by atoms with Crippen LogP contribution in [0.3, 0.4) is 0 Å². The van der Waals surface area contributed by atoms with E-state index in [1.807, 2.05) is 48.8 Å². The summed E-state index contributed by atoms with van der Waals surface area (Å²) in [4.78, 5) is 11.1. The number of benzene rings is 2. The molecule has 4 heteroatoms. The van der Waals surface area contributed by atoms with Crippen LogP contribution in [0, 0.1) is 11.3 Å². The van der Waals surface area contributed by atoms with E-state index in [9.17, 15) is 4.79 Å². The standard InChI is InChI=1S/C26H23N3O/c1-20(2)25-8-3-4-9-26(25)29-15-11-23(12-16-29)22(13-17-30)10-14-28-24-7-5-6-21(18-24)19-27/h3-18,20H,1-2H3/p+1. The SMILES string of the molecule is CC(C)c1ccccc1-[n+]1ccc(C(C=CNc2cccc(C#N)c2)=CC=O)cc1. The first-order valence-electron chi connectivity index (χ1n) is 9.82. The van der Waals surface area contributed by atoms with Gasteiger partial charge in [-0.05, 0) is 47.4 Å². The van der Waals surface area contributed by atoms with Crippen LogP contribution < -0.4 is 9.88 Å². The molecule has 0 amide bonds. The van der Waals surface area contributed by atoms with Crippen LogP contribution in [0.25, 0.3) is 11.3 Å². The van der Waals surface area contributed by atoms with Crippen molar-refractivity contribution < 1.29 is 9.36 Å². The molecule has 4 nitrogen and oxygen atoms in total. The molecular weight excluding hydrogens is 370 g/mol. The lowest BCUT2D eigenvalue weighted by Gasteiger charge is -2.08. The highest BCUT2D eigenvalue weighted by Crippen LogP contribution is 2.20. The van der Waals surface area contributed by atoms with Gasteiger partial charge in [-0.25, -0.2) is 0 Å². The number of pyridine rings is 1. The smallest absolute Gasteiger partial charge is 0.214 e. The first-order valence-corrected chi connectivity index (χ1v) is 9.82. The Labute approximate surface area is 177 Å². The van der Waals surface area contributed by atoms with Gasteiger partial charge in [-0.3, -0.25) is 4.79 Å². The third kappa shape index (κ3) is 5.09. The van der Waals surface area contributed by atoms with Crippen molar-refractivity contribution in [2.75, 3.05) is 5.32 Å². The van der Waals surface area contributed by atoms with E-state index in [1.54, 1.807) is 18.3 Å². The van der Waals surface area contributed by atoms with Crippen LogP contribution in [0.4, 0.5) is 5.69 Å². The van der Waals surface area contributed by atoms with E-state index in [0.717, 1.165) is 28.8 Å². The number of nitrogens with one attached hydrogen (secondary N) is 1. The van der Waals surface area contributed by atoms with Gasteiger partial charge in [0.25, 0.3) is 0 Å². The van der Waals surface area contributed by atoms with Gasteiger partial charge in [0.1, 0.15) is 6.29 Å². The molecule has 0 unspecified atom stereocenters. The Bertz CT molecular complexity index is 1120. The average Bonchev–Trinajstić information content (AvgIpc) is 2.79. The van der Waals surface area contributed by atoms with Crippen molar-refractivity contribution in [3.8, 4) is 11.8 Å². The molecule has 0 aliphatic rings. The number of nitrogens with zero attached hydrogens (tertiary/aromatic N) is 2. The maximum absolute atomic E-state index is 11.1. The number of aromatic nitrogens is 1. The molecule has 0 atom stereocenters. The molecule has 0 bridgehead atoms. The number of carbonyl (C=O) groups excluding carboxylic acids is 1. The quantitative estimate of drug-likeness (QED) is 0.260. The third-order valence-corrected chi connectivity index (χ3v) is 4.75. The summed E-state index contributed by atoms with van der Waals surface area (Å²) in [5, 5.41) is 12.1. The molecule has 148 valence electrons. The molecule has 2 aromatic carbocycles. The summed E-state index contributed by atoms with van der Waals surface area (Å²) in [6.45, 7) is 4.37. The Morgan fingerprint density at radius 1 is 1.07 bits per heavy atom. The van der Waals surface area contributed by atoms with Gasteiger partial charge in [0, 0.05) is 35.6 Å². The Morgan fingerprint density at radius 2 is 1.83 bits per heavy atom. The zero-order valence-corrected chi connectivity index (χ0v) is 17.1. The second-order valence-corrected chi connectivity index (χ2v) is 7.14. The molecule has 30 heavy (non-hydrogen) atoms. The summed E-state index contributed by atoms with van der Waals surface area (Å²) in [5.41, 5.74) is 5.55. The fourth-order valence-corrected chi connectivity index (χ4v) is 3.22. The van der Waals surface area contributed by atoms with Crippen LogP contribution in [0.1, 0.15) is 36.5 Å². The number of carbonyl (C=O) groups is 1. The lowest BCUT2D eigenvalue weighted by atomic mass is 10.0. The zero-order valence-electron chi connectivity index (χ0n) is 17.1. The largest absolute Gasteiger partial charge is 0.362 e. The van der Waals surface area contributed by atoms with Crippen molar-refractivity contribution in [3.05, 3.63) is 108 Å². The number of anilines is 1. The normalized spacial score (nSPS) is 11.5. The maximum atomic E-state index is 11.1. The van der Waals surface area contributed by atoms with E-state index in [4.69, 9.17) is 5.26 Å². The second kappa shape index (κ2) is 9.99. The first-order chi connectivity index (χ1) is 14.6. The zero-order chi connectivity index (χ0) is 21.3. The van der Waals surface area contributed by atoms with Crippen LogP contribution in [0.2, 0.25) is 0 Å². The molecule has 0 saturated heterocycles. The summed E-state index contributed by atoms with van der Waals surface area (Å²) in [5.74, 6) is 0.424. The van der Waals surface area contributed by atoms with E-state index in [-0.39, 0.29) is 0 Å². The topological polar surface area (TPSA) is 56.8 Å². The van der Waals surface area contributed by atoms with Crippen molar-refractivity contribution in [1.29, 1.82) is 5.26 Å². The minimum atomic E-state index is 0.424. The van der Waals surface area contributed by atoms with Crippen molar-refractivity contribution >= 4 is 17.5 Å². The predicted molar refractivity (Wildman–Crippen MR) is 120 cm³/mol. The summed E-state index contributed by atoms with van der Waals surface area (Å²) < 4.78 is 2.09. The first kappa shape index (κ1) is 20.8. The molecule has 1 heterocycles. The van der Waals surface area contributed by atoms with Gasteiger partial charge < -0.3 is 5.32 Å². The van der Waals surface area contributed by atoms with Crippen LogP contribution >= 0.6 is 0 Å². The molecule has 0 fully saturated rings. The highest BCUT2D eigenvalue weighted by Gasteiger charge is 2.14. The summed E-state index contributed by atoms with van der Waals surface area (Å²) >= 11 is 0. The van der Waals surface area contributed by atoms with Crippen LogP contribution in [0.5, 0.6) is 0 Å². The van der Waals surface area contributed by atoms with Crippen LogP contribution in [-0.2, 0) is 4.79 Å².